The average Bonchev–Trinajstić information content (AvgIpc) is 2.06. The highest BCUT2D eigenvalue weighted by Gasteiger charge is 2.16. The normalized spacial score (nSPS) is 19.7. The summed E-state index contributed by atoms with van der Waals surface area (Å²) in [5.41, 5.74) is 0. The minimum atomic E-state index is 0.851. The third kappa shape index (κ3) is 2.50. The first-order chi connectivity index (χ1) is 5.74. The fourth-order valence-corrected chi connectivity index (χ4v) is 1.67. The first kappa shape index (κ1) is 9.56. The topological polar surface area (TPSA) is 27.1 Å². The number of hydrogen-bond donors (Lipinski definition) is 1. The van der Waals surface area contributed by atoms with Gasteiger partial charge in [0.25, 0.3) is 0 Å². The molecule has 0 aliphatic carbocycles. The second kappa shape index (κ2) is 4.48. The maximum Gasteiger partial charge on any atom is 0.0957 e. The summed E-state index contributed by atoms with van der Waals surface area (Å²) in [4.78, 5) is 2.24. The molecule has 1 N–H and O–H groups in total. The van der Waals surface area contributed by atoms with Gasteiger partial charge in [-0.25, -0.2) is 0 Å². The van der Waals surface area contributed by atoms with Gasteiger partial charge in [-0.15, -0.1) is 0 Å². The molecule has 2 heteroatoms. The Morgan fingerprint density at radius 2 is 2.00 bits per heavy atom. The lowest BCUT2D eigenvalue weighted by atomic mass is 9.99. The second-order valence-electron chi connectivity index (χ2n) is 3.87. The number of likely N-dealkylation sites (tertiary alicyclic amines) is 1. The molecule has 0 saturated carbocycles. The Balaban J connectivity index is 2.29. The van der Waals surface area contributed by atoms with E-state index >= 15 is 0 Å². The molecular formula is C10H20N2. The monoisotopic (exact) mass is 168 g/mol. The van der Waals surface area contributed by atoms with Gasteiger partial charge >= 0.3 is 0 Å². The summed E-state index contributed by atoms with van der Waals surface area (Å²) in [5.74, 6) is 1.72. The van der Waals surface area contributed by atoms with Gasteiger partial charge in [0.1, 0.15) is 0 Å². The number of piperidine rings is 1. The van der Waals surface area contributed by atoms with Crippen LogP contribution < -0.4 is 0 Å². The van der Waals surface area contributed by atoms with Crippen LogP contribution in [0.4, 0.5) is 0 Å². The molecule has 2 nitrogen and oxygen atoms in total. The molecule has 0 bridgehead atoms. The van der Waals surface area contributed by atoms with Gasteiger partial charge in [0, 0.05) is 19.5 Å². The Morgan fingerprint density at radius 3 is 2.50 bits per heavy atom. The Bertz CT molecular complexity index is 146. The molecule has 1 fully saturated rings. The standard InChI is InChI=1S/C10H20N2/c1-3-4-10(11)12-7-5-9(2)6-8-12/h9,11H,3-8H2,1-2H3. The number of hydrogen-bond acceptors (Lipinski definition) is 1. The van der Waals surface area contributed by atoms with E-state index in [0.29, 0.717) is 0 Å². The molecule has 0 unspecified atom stereocenters. The van der Waals surface area contributed by atoms with Crippen LogP contribution >= 0.6 is 0 Å². The maximum absolute atomic E-state index is 7.77. The summed E-state index contributed by atoms with van der Waals surface area (Å²) < 4.78 is 0. The van der Waals surface area contributed by atoms with Crippen LogP contribution in [0.2, 0.25) is 0 Å². The number of nitrogens with zero attached hydrogens (tertiary/aromatic N) is 1. The zero-order chi connectivity index (χ0) is 8.97. The molecular weight excluding hydrogens is 148 g/mol. The van der Waals surface area contributed by atoms with Crippen molar-refractivity contribution in [1.82, 2.24) is 4.90 Å². The van der Waals surface area contributed by atoms with Crippen molar-refractivity contribution < 1.29 is 0 Å². The molecule has 0 amide bonds. The third-order valence-corrected chi connectivity index (χ3v) is 2.65. The van der Waals surface area contributed by atoms with E-state index in [1.165, 1.54) is 12.8 Å². The molecule has 1 aliphatic heterocycles. The van der Waals surface area contributed by atoms with Gasteiger partial charge in [0.2, 0.25) is 0 Å². The molecule has 0 aromatic rings. The van der Waals surface area contributed by atoms with Gasteiger partial charge in [-0.2, -0.15) is 0 Å². The smallest absolute Gasteiger partial charge is 0.0957 e. The summed E-state index contributed by atoms with van der Waals surface area (Å²) >= 11 is 0. The highest BCUT2D eigenvalue weighted by molar-refractivity contribution is 5.79. The number of nitrogens with one attached hydrogen (secondary N) is 1. The molecule has 0 aromatic heterocycles. The quantitative estimate of drug-likeness (QED) is 0.498. The summed E-state index contributed by atoms with van der Waals surface area (Å²) in [6.45, 7) is 6.67. The van der Waals surface area contributed by atoms with Crippen molar-refractivity contribution in [1.29, 1.82) is 5.41 Å². The van der Waals surface area contributed by atoms with Gasteiger partial charge in [-0.1, -0.05) is 13.8 Å². The van der Waals surface area contributed by atoms with Gasteiger partial charge in [-0.3, -0.25) is 5.41 Å². The van der Waals surface area contributed by atoms with Crippen LogP contribution in [0.1, 0.15) is 39.5 Å². The van der Waals surface area contributed by atoms with E-state index < -0.39 is 0 Å². The van der Waals surface area contributed by atoms with Gasteiger partial charge < -0.3 is 4.90 Å². The van der Waals surface area contributed by atoms with Crippen molar-refractivity contribution >= 4 is 5.84 Å². The van der Waals surface area contributed by atoms with Crippen LogP contribution in [0.25, 0.3) is 0 Å². The maximum atomic E-state index is 7.77. The van der Waals surface area contributed by atoms with Gasteiger partial charge in [0.15, 0.2) is 0 Å². The molecule has 0 atom stereocenters. The van der Waals surface area contributed by atoms with Crippen LogP contribution in [-0.4, -0.2) is 23.8 Å². The van der Waals surface area contributed by atoms with E-state index in [2.05, 4.69) is 18.7 Å². The molecule has 0 aromatic carbocycles. The Kier molecular flexibility index (Phi) is 3.57. The van der Waals surface area contributed by atoms with Gasteiger partial charge in [0.05, 0.1) is 5.84 Å². The summed E-state index contributed by atoms with van der Waals surface area (Å²) in [5, 5.41) is 7.77. The predicted molar refractivity (Wildman–Crippen MR) is 52.6 cm³/mol. The third-order valence-electron chi connectivity index (χ3n) is 2.65. The molecule has 70 valence electrons. The van der Waals surface area contributed by atoms with Crippen LogP contribution in [0, 0.1) is 11.3 Å². The average molecular weight is 168 g/mol. The van der Waals surface area contributed by atoms with E-state index in [1.807, 2.05) is 0 Å². The Morgan fingerprint density at radius 1 is 1.42 bits per heavy atom. The van der Waals surface area contributed by atoms with Crippen molar-refractivity contribution in [2.24, 2.45) is 5.92 Å². The van der Waals surface area contributed by atoms with E-state index in [9.17, 15) is 0 Å². The summed E-state index contributed by atoms with van der Waals surface area (Å²) in [6.07, 6.45) is 4.59. The largest absolute Gasteiger partial charge is 0.361 e. The fraction of sp³-hybridized carbons (Fsp3) is 0.900. The molecule has 0 spiro atoms. The van der Waals surface area contributed by atoms with Crippen molar-refractivity contribution in [2.75, 3.05) is 13.1 Å². The fourth-order valence-electron chi connectivity index (χ4n) is 1.67. The molecule has 1 saturated heterocycles. The van der Waals surface area contributed by atoms with Crippen LogP contribution in [0.15, 0.2) is 0 Å². The number of rotatable bonds is 2. The lowest BCUT2D eigenvalue weighted by molar-refractivity contribution is 0.275. The first-order valence-corrected chi connectivity index (χ1v) is 5.06. The highest BCUT2D eigenvalue weighted by atomic mass is 15.2. The highest BCUT2D eigenvalue weighted by Crippen LogP contribution is 2.16. The minimum Gasteiger partial charge on any atom is -0.361 e. The lowest BCUT2D eigenvalue weighted by Crippen LogP contribution is -2.37. The van der Waals surface area contributed by atoms with Crippen molar-refractivity contribution in [3.63, 3.8) is 0 Å². The minimum absolute atomic E-state index is 0.851. The van der Waals surface area contributed by atoms with Gasteiger partial charge in [-0.05, 0) is 25.2 Å². The zero-order valence-electron chi connectivity index (χ0n) is 8.27. The van der Waals surface area contributed by atoms with E-state index in [4.69, 9.17) is 5.41 Å². The van der Waals surface area contributed by atoms with Crippen LogP contribution in [0.3, 0.4) is 0 Å². The van der Waals surface area contributed by atoms with E-state index in [0.717, 1.165) is 37.7 Å². The molecule has 0 radical (unpaired) electrons. The van der Waals surface area contributed by atoms with Crippen LogP contribution in [-0.2, 0) is 0 Å². The van der Waals surface area contributed by atoms with Crippen molar-refractivity contribution in [2.45, 2.75) is 39.5 Å². The molecule has 1 aliphatic rings. The van der Waals surface area contributed by atoms with E-state index in [1.54, 1.807) is 0 Å². The predicted octanol–water partition coefficient (Wildman–Crippen LogP) is 2.50. The molecule has 1 heterocycles. The first-order valence-electron chi connectivity index (χ1n) is 5.06. The van der Waals surface area contributed by atoms with E-state index in [-0.39, 0.29) is 0 Å². The van der Waals surface area contributed by atoms with Crippen molar-refractivity contribution in [3.8, 4) is 0 Å². The SMILES string of the molecule is CCCC(=N)N1CCC(C)CC1. The Labute approximate surface area is 75.5 Å². The summed E-state index contributed by atoms with van der Waals surface area (Å²) in [7, 11) is 0. The van der Waals surface area contributed by atoms with Crippen molar-refractivity contribution in [3.05, 3.63) is 0 Å². The lowest BCUT2D eigenvalue weighted by Gasteiger charge is -2.32. The molecule has 12 heavy (non-hydrogen) atoms. The van der Waals surface area contributed by atoms with Crippen LogP contribution in [0.5, 0.6) is 0 Å². The molecule has 1 rings (SSSR count). The second-order valence-corrected chi connectivity index (χ2v) is 3.87. The summed E-state index contributed by atoms with van der Waals surface area (Å²) in [6, 6.07) is 0. The zero-order valence-corrected chi connectivity index (χ0v) is 8.27. The number of amidine groups is 1. The Hall–Kier alpha value is -0.530.